The van der Waals surface area contributed by atoms with Crippen LogP contribution >= 0.6 is 11.3 Å². The van der Waals surface area contributed by atoms with Gasteiger partial charge in [-0.1, -0.05) is 19.3 Å². The molecule has 1 saturated carbocycles. The molecule has 0 aliphatic heterocycles. The molecule has 1 aromatic rings. The Morgan fingerprint density at radius 3 is 2.57 bits per heavy atom. The second-order valence-corrected chi connectivity index (χ2v) is 7.18. The first kappa shape index (κ1) is 17.7. The van der Waals surface area contributed by atoms with Gasteiger partial charge in [-0.3, -0.25) is 14.4 Å². The van der Waals surface area contributed by atoms with Crippen molar-refractivity contribution >= 4 is 29.0 Å². The molecule has 0 aromatic carbocycles. The highest BCUT2D eigenvalue weighted by atomic mass is 32.1. The normalized spacial score (nSPS) is 15.2. The second-order valence-electron chi connectivity index (χ2n) is 5.90. The van der Waals surface area contributed by atoms with E-state index in [9.17, 15) is 14.4 Å². The van der Waals surface area contributed by atoms with E-state index in [0.717, 1.165) is 30.6 Å². The topological polar surface area (TPSA) is 72.5 Å². The fourth-order valence-electron chi connectivity index (χ4n) is 2.66. The van der Waals surface area contributed by atoms with Gasteiger partial charge in [-0.15, -0.1) is 11.3 Å². The van der Waals surface area contributed by atoms with Gasteiger partial charge in [0.15, 0.2) is 12.4 Å². The van der Waals surface area contributed by atoms with Crippen LogP contribution in [0.25, 0.3) is 0 Å². The van der Waals surface area contributed by atoms with Gasteiger partial charge >= 0.3 is 5.97 Å². The third kappa shape index (κ3) is 6.14. The van der Waals surface area contributed by atoms with Crippen LogP contribution in [0, 0.1) is 6.92 Å². The zero-order valence-electron chi connectivity index (χ0n) is 13.4. The smallest absolute Gasteiger partial charge is 0.306 e. The molecule has 1 aliphatic rings. The number of hydrogen-bond donors (Lipinski definition) is 1. The van der Waals surface area contributed by atoms with Gasteiger partial charge in [-0.2, -0.15) is 0 Å². The molecule has 126 valence electrons. The van der Waals surface area contributed by atoms with Gasteiger partial charge < -0.3 is 10.1 Å². The number of carbonyl (C=O) groups excluding carboxylic acids is 3. The number of amides is 1. The predicted octanol–water partition coefficient (Wildman–Crippen LogP) is 3.01. The van der Waals surface area contributed by atoms with Crippen molar-refractivity contribution in [1.82, 2.24) is 5.32 Å². The van der Waals surface area contributed by atoms with Crippen LogP contribution in [0.4, 0.5) is 0 Å². The van der Waals surface area contributed by atoms with Crippen molar-refractivity contribution < 1.29 is 19.1 Å². The minimum Gasteiger partial charge on any atom is -0.456 e. The molecule has 0 atom stereocenters. The Morgan fingerprint density at radius 1 is 1.17 bits per heavy atom. The molecule has 0 bridgehead atoms. The van der Waals surface area contributed by atoms with Gasteiger partial charge in [0.2, 0.25) is 0 Å². The van der Waals surface area contributed by atoms with Crippen molar-refractivity contribution in [3.8, 4) is 0 Å². The van der Waals surface area contributed by atoms with Gasteiger partial charge in [0.05, 0.1) is 11.3 Å². The van der Waals surface area contributed by atoms with Crippen molar-refractivity contribution in [2.45, 2.75) is 57.9 Å². The van der Waals surface area contributed by atoms with E-state index < -0.39 is 5.97 Å². The number of esters is 1. The summed E-state index contributed by atoms with van der Waals surface area (Å²) in [5.41, 5.74) is 0. The summed E-state index contributed by atoms with van der Waals surface area (Å²) in [6, 6.07) is 3.86. The standard InChI is InChI=1S/C17H23NO4S/c1-12-7-9-15(23-12)14(19)8-10-17(21)22-11-16(20)18-13-5-3-2-4-6-13/h7,9,13H,2-6,8,10-11H2,1H3,(H,18,20). The molecule has 23 heavy (non-hydrogen) atoms. The summed E-state index contributed by atoms with van der Waals surface area (Å²) in [7, 11) is 0. The Kier molecular flexibility index (Phi) is 6.77. The van der Waals surface area contributed by atoms with E-state index in [4.69, 9.17) is 4.74 Å². The van der Waals surface area contributed by atoms with Crippen molar-refractivity contribution in [1.29, 1.82) is 0 Å². The van der Waals surface area contributed by atoms with Crippen LogP contribution in [0.5, 0.6) is 0 Å². The third-order valence-electron chi connectivity index (χ3n) is 3.91. The minimum absolute atomic E-state index is 0.00644. The molecule has 1 amide bonds. The summed E-state index contributed by atoms with van der Waals surface area (Å²) in [6.45, 7) is 1.67. The molecular weight excluding hydrogens is 314 g/mol. The number of Topliss-reactive ketones (excluding diaryl/α,β-unsaturated/α-hetero) is 1. The van der Waals surface area contributed by atoms with Crippen LogP contribution in [0.15, 0.2) is 12.1 Å². The van der Waals surface area contributed by atoms with E-state index in [0.29, 0.717) is 4.88 Å². The summed E-state index contributed by atoms with van der Waals surface area (Å²) >= 11 is 1.42. The average molecular weight is 337 g/mol. The molecule has 1 fully saturated rings. The van der Waals surface area contributed by atoms with Crippen LogP contribution in [0.3, 0.4) is 0 Å². The summed E-state index contributed by atoms with van der Waals surface area (Å²) in [5.74, 6) is -0.831. The first-order valence-electron chi connectivity index (χ1n) is 8.09. The lowest BCUT2D eigenvalue weighted by Gasteiger charge is -2.22. The molecule has 0 saturated heterocycles. The number of ketones is 1. The highest BCUT2D eigenvalue weighted by Gasteiger charge is 2.17. The monoisotopic (exact) mass is 337 g/mol. The van der Waals surface area contributed by atoms with E-state index in [1.54, 1.807) is 6.07 Å². The van der Waals surface area contributed by atoms with Crippen LogP contribution in [0.1, 0.15) is 59.5 Å². The molecule has 0 unspecified atom stereocenters. The Balaban J connectivity index is 1.62. The number of aryl methyl sites for hydroxylation is 1. The molecule has 5 nitrogen and oxygen atoms in total. The van der Waals surface area contributed by atoms with Gasteiger partial charge in [0.1, 0.15) is 0 Å². The Labute approximate surface area is 140 Å². The van der Waals surface area contributed by atoms with Gasteiger partial charge in [0.25, 0.3) is 5.91 Å². The Bertz CT molecular complexity index is 561. The fourth-order valence-corrected chi connectivity index (χ4v) is 3.49. The quantitative estimate of drug-likeness (QED) is 0.613. The number of thiophene rings is 1. The lowest BCUT2D eigenvalue weighted by molar-refractivity contribution is -0.148. The highest BCUT2D eigenvalue weighted by Crippen LogP contribution is 2.18. The maximum atomic E-state index is 11.9. The molecular formula is C17H23NO4S. The number of hydrogen-bond acceptors (Lipinski definition) is 5. The average Bonchev–Trinajstić information content (AvgIpc) is 2.98. The fraction of sp³-hybridized carbons (Fsp3) is 0.588. The molecule has 1 aliphatic carbocycles. The maximum Gasteiger partial charge on any atom is 0.306 e. The third-order valence-corrected chi connectivity index (χ3v) is 4.95. The van der Waals surface area contributed by atoms with Crippen LogP contribution in [0.2, 0.25) is 0 Å². The van der Waals surface area contributed by atoms with Gasteiger partial charge in [0, 0.05) is 17.3 Å². The molecule has 0 radical (unpaired) electrons. The number of ether oxygens (including phenoxy) is 1. The summed E-state index contributed by atoms with van der Waals surface area (Å²) in [5, 5.41) is 2.89. The van der Waals surface area contributed by atoms with Crippen molar-refractivity contribution in [3.05, 3.63) is 21.9 Å². The predicted molar refractivity (Wildman–Crippen MR) is 88.6 cm³/mol. The molecule has 1 heterocycles. The summed E-state index contributed by atoms with van der Waals surface area (Å²) in [6.07, 6.45) is 5.60. The Morgan fingerprint density at radius 2 is 1.91 bits per heavy atom. The summed E-state index contributed by atoms with van der Waals surface area (Å²) < 4.78 is 4.94. The summed E-state index contributed by atoms with van der Waals surface area (Å²) in [4.78, 5) is 37.0. The zero-order chi connectivity index (χ0) is 16.7. The number of nitrogens with one attached hydrogen (secondary N) is 1. The number of rotatable bonds is 7. The lowest BCUT2D eigenvalue weighted by atomic mass is 9.95. The molecule has 2 rings (SSSR count). The lowest BCUT2D eigenvalue weighted by Crippen LogP contribution is -2.38. The van der Waals surface area contributed by atoms with E-state index in [-0.39, 0.29) is 37.2 Å². The first-order valence-corrected chi connectivity index (χ1v) is 8.91. The Hall–Kier alpha value is -1.69. The molecule has 6 heteroatoms. The largest absolute Gasteiger partial charge is 0.456 e. The van der Waals surface area contributed by atoms with E-state index >= 15 is 0 Å². The van der Waals surface area contributed by atoms with E-state index in [1.807, 2.05) is 13.0 Å². The van der Waals surface area contributed by atoms with Gasteiger partial charge in [-0.25, -0.2) is 0 Å². The molecule has 1 aromatic heterocycles. The maximum absolute atomic E-state index is 11.9. The first-order chi connectivity index (χ1) is 11.0. The van der Waals surface area contributed by atoms with E-state index in [1.165, 1.54) is 17.8 Å². The SMILES string of the molecule is Cc1ccc(C(=O)CCC(=O)OCC(=O)NC2CCCCC2)s1. The van der Waals surface area contributed by atoms with Gasteiger partial charge in [-0.05, 0) is 31.9 Å². The van der Waals surface area contributed by atoms with Crippen molar-refractivity contribution in [2.24, 2.45) is 0 Å². The highest BCUT2D eigenvalue weighted by molar-refractivity contribution is 7.14. The molecule has 0 spiro atoms. The van der Waals surface area contributed by atoms with Crippen molar-refractivity contribution in [3.63, 3.8) is 0 Å². The second kappa shape index (κ2) is 8.82. The number of carbonyl (C=O) groups is 3. The van der Waals surface area contributed by atoms with Crippen LogP contribution < -0.4 is 5.32 Å². The van der Waals surface area contributed by atoms with E-state index in [2.05, 4.69) is 5.32 Å². The minimum atomic E-state index is -0.509. The molecule has 1 N–H and O–H groups in total. The van der Waals surface area contributed by atoms with Crippen LogP contribution in [-0.4, -0.2) is 30.3 Å². The van der Waals surface area contributed by atoms with Crippen molar-refractivity contribution in [2.75, 3.05) is 6.61 Å². The van der Waals surface area contributed by atoms with Crippen LogP contribution in [-0.2, 0) is 14.3 Å². The zero-order valence-corrected chi connectivity index (χ0v) is 14.2.